The average Bonchev–Trinajstić information content (AvgIpc) is 3.43. The molecule has 5 heteroatoms. The lowest BCUT2D eigenvalue weighted by Gasteiger charge is -2.12. The zero-order chi connectivity index (χ0) is 17.6. The van der Waals surface area contributed by atoms with Gasteiger partial charge in [0, 0.05) is 32.4 Å². The maximum atomic E-state index is 5.89. The van der Waals surface area contributed by atoms with E-state index in [0.717, 1.165) is 29.7 Å². The fraction of sp³-hybridized carbons (Fsp3) is 0.400. The fourth-order valence-electron chi connectivity index (χ4n) is 2.48. The van der Waals surface area contributed by atoms with Gasteiger partial charge in [-0.05, 0) is 67.5 Å². The number of ether oxygens (including phenoxy) is 1. The molecule has 0 unspecified atom stereocenters. The Labute approximate surface area is 149 Å². The van der Waals surface area contributed by atoms with E-state index in [1.165, 1.54) is 24.0 Å². The molecule has 0 spiro atoms. The summed E-state index contributed by atoms with van der Waals surface area (Å²) in [5, 5.41) is 6.69. The van der Waals surface area contributed by atoms with Gasteiger partial charge in [0.2, 0.25) is 5.88 Å². The SMILES string of the molecule is CN=C(NCc1ccnc(Oc2ccc(C)c(C)c2)c1)NCC1CC1. The van der Waals surface area contributed by atoms with Crippen LogP contribution in [0.15, 0.2) is 41.5 Å². The van der Waals surface area contributed by atoms with E-state index in [0.29, 0.717) is 12.4 Å². The number of hydrogen-bond donors (Lipinski definition) is 2. The van der Waals surface area contributed by atoms with Crippen molar-refractivity contribution in [3.8, 4) is 11.6 Å². The zero-order valence-electron chi connectivity index (χ0n) is 15.2. The molecule has 1 aromatic carbocycles. The van der Waals surface area contributed by atoms with E-state index in [1.807, 2.05) is 24.3 Å². The molecule has 1 aliphatic carbocycles. The van der Waals surface area contributed by atoms with Crippen LogP contribution in [0.3, 0.4) is 0 Å². The number of nitrogens with zero attached hydrogens (tertiary/aromatic N) is 2. The van der Waals surface area contributed by atoms with Crippen LogP contribution in [-0.2, 0) is 6.54 Å². The van der Waals surface area contributed by atoms with Gasteiger partial charge in [0.1, 0.15) is 5.75 Å². The predicted octanol–water partition coefficient (Wildman–Crippen LogP) is 3.57. The van der Waals surface area contributed by atoms with Crippen LogP contribution in [0.25, 0.3) is 0 Å². The molecular formula is C20H26N4O. The summed E-state index contributed by atoms with van der Waals surface area (Å²) in [5.41, 5.74) is 3.56. The third-order valence-corrected chi connectivity index (χ3v) is 4.44. The van der Waals surface area contributed by atoms with E-state index in [9.17, 15) is 0 Å². The van der Waals surface area contributed by atoms with E-state index in [1.54, 1.807) is 13.2 Å². The standard InChI is InChI=1S/C20H26N4O/c1-14-4-7-18(10-15(14)2)25-19-11-17(8-9-22-19)13-24-20(21-3)23-12-16-5-6-16/h4,7-11,16H,5-6,12-13H2,1-3H3,(H2,21,23,24). The Hall–Kier alpha value is -2.56. The average molecular weight is 338 g/mol. The molecule has 0 saturated heterocycles. The third-order valence-electron chi connectivity index (χ3n) is 4.44. The number of nitrogens with one attached hydrogen (secondary N) is 2. The Kier molecular flexibility index (Phi) is 5.53. The molecule has 25 heavy (non-hydrogen) atoms. The summed E-state index contributed by atoms with van der Waals surface area (Å²) >= 11 is 0. The quantitative estimate of drug-likeness (QED) is 0.624. The first-order valence-electron chi connectivity index (χ1n) is 8.78. The molecule has 0 atom stereocenters. The molecule has 3 rings (SSSR count). The number of hydrogen-bond acceptors (Lipinski definition) is 3. The topological polar surface area (TPSA) is 58.5 Å². The first kappa shape index (κ1) is 17.3. The van der Waals surface area contributed by atoms with E-state index in [4.69, 9.17) is 4.74 Å². The van der Waals surface area contributed by atoms with Gasteiger partial charge in [-0.2, -0.15) is 0 Å². The van der Waals surface area contributed by atoms with Crippen molar-refractivity contribution in [2.24, 2.45) is 10.9 Å². The lowest BCUT2D eigenvalue weighted by atomic mass is 10.1. The van der Waals surface area contributed by atoms with Crippen molar-refractivity contribution < 1.29 is 4.74 Å². The van der Waals surface area contributed by atoms with Crippen LogP contribution < -0.4 is 15.4 Å². The van der Waals surface area contributed by atoms with Crippen molar-refractivity contribution in [3.63, 3.8) is 0 Å². The highest BCUT2D eigenvalue weighted by Crippen LogP contribution is 2.27. The van der Waals surface area contributed by atoms with Gasteiger partial charge in [0.25, 0.3) is 0 Å². The maximum Gasteiger partial charge on any atom is 0.219 e. The normalized spacial score (nSPS) is 14.3. The van der Waals surface area contributed by atoms with Crippen LogP contribution in [0.1, 0.15) is 29.5 Å². The Morgan fingerprint density at radius 1 is 1.16 bits per heavy atom. The summed E-state index contributed by atoms with van der Waals surface area (Å²) in [7, 11) is 1.79. The predicted molar refractivity (Wildman–Crippen MR) is 101 cm³/mol. The second kappa shape index (κ2) is 8.01. The lowest BCUT2D eigenvalue weighted by molar-refractivity contribution is 0.461. The van der Waals surface area contributed by atoms with Crippen molar-refractivity contribution in [1.29, 1.82) is 0 Å². The Bertz CT molecular complexity index is 753. The van der Waals surface area contributed by atoms with E-state index >= 15 is 0 Å². The molecule has 1 heterocycles. The summed E-state index contributed by atoms with van der Waals surface area (Å²) in [4.78, 5) is 8.56. The second-order valence-electron chi connectivity index (χ2n) is 6.60. The molecule has 0 radical (unpaired) electrons. The number of aryl methyl sites for hydroxylation is 2. The zero-order valence-corrected chi connectivity index (χ0v) is 15.2. The second-order valence-corrected chi connectivity index (χ2v) is 6.60. The molecule has 1 saturated carbocycles. The number of rotatable bonds is 6. The molecule has 0 bridgehead atoms. The molecule has 1 aromatic heterocycles. The van der Waals surface area contributed by atoms with E-state index in [-0.39, 0.29) is 0 Å². The third kappa shape index (κ3) is 5.21. The Balaban J connectivity index is 1.57. The van der Waals surface area contributed by atoms with Gasteiger partial charge in [-0.25, -0.2) is 4.98 Å². The van der Waals surface area contributed by atoms with Gasteiger partial charge in [-0.15, -0.1) is 0 Å². The van der Waals surface area contributed by atoms with Crippen molar-refractivity contribution >= 4 is 5.96 Å². The summed E-state index contributed by atoms with van der Waals surface area (Å²) in [6.45, 7) is 5.84. The molecule has 132 valence electrons. The summed E-state index contributed by atoms with van der Waals surface area (Å²) in [6, 6.07) is 10.0. The van der Waals surface area contributed by atoms with Gasteiger partial charge in [0.15, 0.2) is 5.96 Å². The number of aromatic nitrogens is 1. The first-order valence-corrected chi connectivity index (χ1v) is 8.78. The highest BCUT2D eigenvalue weighted by molar-refractivity contribution is 5.79. The van der Waals surface area contributed by atoms with Gasteiger partial charge >= 0.3 is 0 Å². The van der Waals surface area contributed by atoms with Crippen LogP contribution >= 0.6 is 0 Å². The molecular weight excluding hydrogens is 312 g/mol. The summed E-state index contributed by atoms with van der Waals surface area (Å²) in [6.07, 6.45) is 4.43. The van der Waals surface area contributed by atoms with Crippen molar-refractivity contribution in [2.75, 3.05) is 13.6 Å². The van der Waals surface area contributed by atoms with Crippen molar-refractivity contribution in [1.82, 2.24) is 15.6 Å². The van der Waals surface area contributed by atoms with Crippen LogP contribution in [0.4, 0.5) is 0 Å². The highest BCUT2D eigenvalue weighted by atomic mass is 16.5. The molecule has 1 aliphatic rings. The number of guanidine groups is 1. The molecule has 2 N–H and O–H groups in total. The molecule has 2 aromatic rings. The van der Waals surface area contributed by atoms with Gasteiger partial charge < -0.3 is 15.4 Å². The number of pyridine rings is 1. The minimum absolute atomic E-state index is 0.600. The van der Waals surface area contributed by atoms with Gasteiger partial charge in [0.05, 0.1) is 0 Å². The smallest absolute Gasteiger partial charge is 0.219 e. The fourth-order valence-corrected chi connectivity index (χ4v) is 2.48. The van der Waals surface area contributed by atoms with Crippen LogP contribution in [0.2, 0.25) is 0 Å². The van der Waals surface area contributed by atoms with Crippen LogP contribution in [0.5, 0.6) is 11.6 Å². The van der Waals surface area contributed by atoms with Gasteiger partial charge in [-0.1, -0.05) is 6.07 Å². The van der Waals surface area contributed by atoms with E-state index < -0.39 is 0 Å². The molecule has 5 nitrogen and oxygen atoms in total. The van der Waals surface area contributed by atoms with Gasteiger partial charge in [-0.3, -0.25) is 4.99 Å². The minimum atomic E-state index is 0.600. The Morgan fingerprint density at radius 3 is 2.72 bits per heavy atom. The highest BCUT2D eigenvalue weighted by Gasteiger charge is 2.20. The molecule has 1 fully saturated rings. The largest absolute Gasteiger partial charge is 0.439 e. The van der Waals surface area contributed by atoms with Crippen molar-refractivity contribution in [3.05, 3.63) is 53.2 Å². The Morgan fingerprint density at radius 2 is 2.00 bits per heavy atom. The molecule has 0 amide bonds. The lowest BCUT2D eigenvalue weighted by Crippen LogP contribution is -2.37. The first-order chi connectivity index (χ1) is 12.1. The minimum Gasteiger partial charge on any atom is -0.439 e. The maximum absolute atomic E-state index is 5.89. The van der Waals surface area contributed by atoms with E-state index in [2.05, 4.69) is 40.5 Å². The number of benzene rings is 1. The summed E-state index contributed by atoms with van der Waals surface area (Å²) < 4.78 is 5.89. The number of aliphatic imine (C=N–C) groups is 1. The summed E-state index contributed by atoms with van der Waals surface area (Å²) in [5.74, 6) is 3.06. The van der Waals surface area contributed by atoms with Crippen molar-refractivity contribution in [2.45, 2.75) is 33.2 Å². The monoisotopic (exact) mass is 338 g/mol. The van der Waals surface area contributed by atoms with Crippen LogP contribution in [0, 0.1) is 19.8 Å². The van der Waals surface area contributed by atoms with Crippen LogP contribution in [-0.4, -0.2) is 24.5 Å². The molecule has 0 aliphatic heterocycles.